The molecule has 2 heterocycles. The van der Waals surface area contributed by atoms with Crippen molar-refractivity contribution in [1.29, 1.82) is 0 Å². The van der Waals surface area contributed by atoms with Gasteiger partial charge in [-0.2, -0.15) is 0 Å². The predicted octanol–water partition coefficient (Wildman–Crippen LogP) is 6.49. The molecule has 0 fully saturated rings. The molecule has 0 radical (unpaired) electrons. The van der Waals surface area contributed by atoms with E-state index in [0.717, 1.165) is 21.5 Å². The fraction of sp³-hybridized carbons (Fsp3) is 0.154. The minimum atomic E-state index is -0.00366. The highest BCUT2D eigenvalue weighted by atomic mass is 35.5. The zero-order valence-electron chi connectivity index (χ0n) is 10.3. The van der Waals surface area contributed by atoms with Crippen molar-refractivity contribution in [3.63, 3.8) is 0 Å². The number of nitrogens with zero attached hydrogens (tertiary/aromatic N) is 1. The maximum absolute atomic E-state index is 6.28. The van der Waals surface area contributed by atoms with E-state index < -0.39 is 0 Å². The Morgan fingerprint density at radius 2 is 2.05 bits per heavy atom. The number of hydrogen-bond acceptors (Lipinski definition) is 4. The molecule has 3 rings (SSSR count). The van der Waals surface area contributed by atoms with Crippen molar-refractivity contribution in [1.82, 2.24) is 4.98 Å². The standard InChI is InChI=1S/C13H9Cl3N2S2/c1-6(7-4-10(15)20-13(7)16)18-11-8(14)2-3-9-12(11)17-5-19-9/h2-6,18H,1H3. The smallest absolute Gasteiger partial charge is 0.106 e. The van der Waals surface area contributed by atoms with Crippen molar-refractivity contribution in [2.75, 3.05) is 5.32 Å². The van der Waals surface area contributed by atoms with Crippen LogP contribution < -0.4 is 5.32 Å². The Hall–Kier alpha value is -0.520. The average molecular weight is 364 g/mol. The third-order valence-corrected chi connectivity index (χ3v) is 5.59. The molecule has 1 aromatic carbocycles. The van der Waals surface area contributed by atoms with Gasteiger partial charge in [-0.05, 0) is 25.1 Å². The first-order chi connectivity index (χ1) is 9.56. The van der Waals surface area contributed by atoms with Crippen LogP contribution in [0.25, 0.3) is 10.2 Å². The SMILES string of the molecule is CC(Nc1c(Cl)ccc2scnc12)c1cc(Cl)sc1Cl. The first kappa shape index (κ1) is 14.4. The fourth-order valence-corrected chi connectivity index (χ4v) is 4.52. The van der Waals surface area contributed by atoms with Crippen LogP contribution in [0.5, 0.6) is 0 Å². The summed E-state index contributed by atoms with van der Waals surface area (Å²) in [6.45, 7) is 2.02. The monoisotopic (exact) mass is 362 g/mol. The van der Waals surface area contributed by atoms with Crippen LogP contribution in [0.2, 0.25) is 13.7 Å². The van der Waals surface area contributed by atoms with E-state index in [-0.39, 0.29) is 6.04 Å². The molecule has 0 amide bonds. The Kier molecular flexibility index (Phi) is 4.11. The summed E-state index contributed by atoms with van der Waals surface area (Å²) in [4.78, 5) is 4.37. The van der Waals surface area contributed by atoms with Crippen LogP contribution in [0.1, 0.15) is 18.5 Å². The molecule has 0 bridgehead atoms. The molecule has 0 aliphatic carbocycles. The molecular weight excluding hydrogens is 355 g/mol. The van der Waals surface area contributed by atoms with E-state index in [1.165, 1.54) is 11.3 Å². The highest BCUT2D eigenvalue weighted by molar-refractivity contribution is 7.20. The second-order valence-electron chi connectivity index (χ2n) is 4.27. The average Bonchev–Trinajstić information content (AvgIpc) is 2.99. The summed E-state index contributed by atoms with van der Waals surface area (Å²) in [5.41, 5.74) is 4.48. The van der Waals surface area contributed by atoms with E-state index in [1.54, 1.807) is 11.3 Å². The van der Waals surface area contributed by atoms with Gasteiger partial charge in [-0.1, -0.05) is 34.8 Å². The highest BCUT2D eigenvalue weighted by Crippen LogP contribution is 2.39. The van der Waals surface area contributed by atoms with Gasteiger partial charge in [-0.15, -0.1) is 22.7 Å². The molecule has 104 valence electrons. The Morgan fingerprint density at radius 1 is 1.25 bits per heavy atom. The number of hydrogen-bond donors (Lipinski definition) is 1. The fourth-order valence-electron chi connectivity index (χ4n) is 1.99. The number of benzene rings is 1. The molecule has 0 aliphatic heterocycles. The number of thiophene rings is 1. The summed E-state index contributed by atoms with van der Waals surface area (Å²) in [7, 11) is 0. The number of aromatic nitrogens is 1. The minimum absolute atomic E-state index is 0.00366. The molecule has 0 spiro atoms. The van der Waals surface area contributed by atoms with Crippen molar-refractivity contribution in [2.45, 2.75) is 13.0 Å². The highest BCUT2D eigenvalue weighted by Gasteiger charge is 2.16. The van der Waals surface area contributed by atoms with Crippen LogP contribution in [0.15, 0.2) is 23.7 Å². The summed E-state index contributed by atoms with van der Waals surface area (Å²) in [5, 5.41) is 4.03. The number of rotatable bonds is 3. The molecule has 0 saturated heterocycles. The van der Waals surface area contributed by atoms with Crippen LogP contribution in [0, 0.1) is 0 Å². The third-order valence-electron chi connectivity index (χ3n) is 2.96. The lowest BCUT2D eigenvalue weighted by Crippen LogP contribution is -2.07. The first-order valence-corrected chi connectivity index (χ1v) is 8.62. The van der Waals surface area contributed by atoms with Gasteiger partial charge in [0.15, 0.2) is 0 Å². The third kappa shape index (κ3) is 2.63. The maximum Gasteiger partial charge on any atom is 0.106 e. The lowest BCUT2D eigenvalue weighted by molar-refractivity contribution is 0.892. The molecule has 7 heteroatoms. The number of thiazole rings is 1. The molecule has 0 saturated carbocycles. The maximum atomic E-state index is 6.28. The van der Waals surface area contributed by atoms with Gasteiger partial charge in [-0.25, -0.2) is 4.98 Å². The van der Waals surface area contributed by atoms with Crippen LogP contribution in [0.3, 0.4) is 0 Å². The van der Waals surface area contributed by atoms with Crippen molar-refractivity contribution < 1.29 is 0 Å². The van der Waals surface area contributed by atoms with Gasteiger partial charge in [-0.3, -0.25) is 0 Å². The van der Waals surface area contributed by atoms with Crippen LogP contribution in [-0.2, 0) is 0 Å². The van der Waals surface area contributed by atoms with Gasteiger partial charge in [0.05, 0.1) is 35.6 Å². The molecular formula is C13H9Cl3N2S2. The number of fused-ring (bicyclic) bond motifs is 1. The van der Waals surface area contributed by atoms with Crippen molar-refractivity contribution in [2.24, 2.45) is 0 Å². The van der Waals surface area contributed by atoms with Crippen molar-refractivity contribution in [3.8, 4) is 0 Å². The van der Waals surface area contributed by atoms with Gasteiger partial charge >= 0.3 is 0 Å². The Balaban J connectivity index is 1.98. The largest absolute Gasteiger partial charge is 0.375 e. The molecule has 1 N–H and O–H groups in total. The lowest BCUT2D eigenvalue weighted by atomic mass is 10.1. The molecule has 1 unspecified atom stereocenters. The van der Waals surface area contributed by atoms with E-state index in [1.807, 2.05) is 30.6 Å². The zero-order valence-corrected chi connectivity index (χ0v) is 14.2. The Bertz CT molecular complexity index is 766. The predicted molar refractivity (Wildman–Crippen MR) is 91.0 cm³/mol. The summed E-state index contributed by atoms with van der Waals surface area (Å²) < 4.78 is 2.46. The van der Waals surface area contributed by atoms with E-state index in [4.69, 9.17) is 34.8 Å². The van der Waals surface area contributed by atoms with E-state index >= 15 is 0 Å². The van der Waals surface area contributed by atoms with E-state index in [2.05, 4.69) is 10.3 Å². The van der Waals surface area contributed by atoms with Gasteiger partial charge in [0.25, 0.3) is 0 Å². The summed E-state index contributed by atoms with van der Waals surface area (Å²) >= 11 is 21.4. The molecule has 20 heavy (non-hydrogen) atoms. The number of nitrogens with one attached hydrogen (secondary N) is 1. The first-order valence-electron chi connectivity index (χ1n) is 5.79. The van der Waals surface area contributed by atoms with Gasteiger partial charge in [0.1, 0.15) is 5.52 Å². The van der Waals surface area contributed by atoms with Gasteiger partial charge in [0, 0.05) is 5.56 Å². The topological polar surface area (TPSA) is 24.9 Å². The molecule has 3 aromatic rings. The van der Waals surface area contributed by atoms with E-state index in [9.17, 15) is 0 Å². The number of anilines is 1. The van der Waals surface area contributed by atoms with Crippen molar-refractivity contribution >= 4 is 73.4 Å². The van der Waals surface area contributed by atoms with Crippen LogP contribution in [0.4, 0.5) is 5.69 Å². The Labute approximate surface area is 139 Å². The minimum Gasteiger partial charge on any atom is -0.375 e. The quantitative estimate of drug-likeness (QED) is 0.575. The zero-order chi connectivity index (χ0) is 14.3. The van der Waals surface area contributed by atoms with Crippen LogP contribution >= 0.6 is 57.5 Å². The lowest BCUT2D eigenvalue weighted by Gasteiger charge is -2.16. The molecule has 0 aliphatic rings. The van der Waals surface area contributed by atoms with E-state index in [0.29, 0.717) is 13.7 Å². The summed E-state index contributed by atoms with van der Waals surface area (Å²) in [6.07, 6.45) is 0. The Morgan fingerprint density at radius 3 is 2.75 bits per heavy atom. The normalized spacial score (nSPS) is 12.8. The summed E-state index contributed by atoms with van der Waals surface area (Å²) in [5.74, 6) is 0. The van der Waals surface area contributed by atoms with Crippen LogP contribution in [-0.4, -0.2) is 4.98 Å². The second kappa shape index (κ2) is 5.70. The van der Waals surface area contributed by atoms with Gasteiger partial charge in [0.2, 0.25) is 0 Å². The molecule has 2 aromatic heterocycles. The second-order valence-corrected chi connectivity index (χ2v) is 7.85. The van der Waals surface area contributed by atoms with Crippen molar-refractivity contribution in [3.05, 3.63) is 43.0 Å². The number of halogens is 3. The molecule has 1 atom stereocenters. The van der Waals surface area contributed by atoms with Gasteiger partial charge < -0.3 is 5.32 Å². The molecule has 2 nitrogen and oxygen atoms in total. The summed E-state index contributed by atoms with van der Waals surface area (Å²) in [6, 6.07) is 5.72.